The maximum absolute atomic E-state index is 12.1. The minimum absolute atomic E-state index is 0.301. The highest BCUT2D eigenvalue weighted by molar-refractivity contribution is 6.00. The summed E-state index contributed by atoms with van der Waals surface area (Å²) in [5, 5.41) is 0. The smallest absolute Gasteiger partial charge is 0.163 e. The van der Waals surface area contributed by atoms with Crippen LogP contribution >= 0.6 is 0 Å². The first-order valence-corrected chi connectivity index (χ1v) is 6.45. The topological polar surface area (TPSA) is 17.1 Å². The highest BCUT2D eigenvalue weighted by atomic mass is 16.1. The summed E-state index contributed by atoms with van der Waals surface area (Å²) in [5.74, 6) is 0.675. The Morgan fingerprint density at radius 2 is 1.78 bits per heavy atom. The SMILES string of the molecule is Cc1cccc2c1C(=O)CCC2c1ccccc1. The Bertz CT molecular complexity index is 584. The highest BCUT2D eigenvalue weighted by Gasteiger charge is 2.27. The van der Waals surface area contributed by atoms with Crippen LogP contribution in [0.15, 0.2) is 48.5 Å². The molecule has 0 spiro atoms. The van der Waals surface area contributed by atoms with Gasteiger partial charge in [0.1, 0.15) is 0 Å². The average Bonchev–Trinajstić information content (AvgIpc) is 2.40. The van der Waals surface area contributed by atoms with Crippen LogP contribution in [0.3, 0.4) is 0 Å². The quantitative estimate of drug-likeness (QED) is 0.728. The zero-order valence-corrected chi connectivity index (χ0v) is 10.5. The van der Waals surface area contributed by atoms with E-state index in [1.54, 1.807) is 0 Å². The molecule has 0 radical (unpaired) electrons. The lowest BCUT2D eigenvalue weighted by atomic mass is 9.77. The fraction of sp³-hybridized carbons (Fsp3) is 0.235. The van der Waals surface area contributed by atoms with E-state index in [1.807, 2.05) is 19.1 Å². The Balaban J connectivity index is 2.15. The standard InChI is InChI=1S/C17H16O/c1-12-6-5-9-15-14(10-11-16(18)17(12)15)13-7-3-2-4-8-13/h2-9,14H,10-11H2,1H3. The summed E-state index contributed by atoms with van der Waals surface area (Å²) < 4.78 is 0. The largest absolute Gasteiger partial charge is 0.294 e. The Hall–Kier alpha value is -1.89. The number of hydrogen-bond donors (Lipinski definition) is 0. The Morgan fingerprint density at radius 3 is 2.56 bits per heavy atom. The molecule has 3 rings (SSSR count). The van der Waals surface area contributed by atoms with Gasteiger partial charge in [-0.05, 0) is 30.0 Å². The maximum atomic E-state index is 12.1. The van der Waals surface area contributed by atoms with Gasteiger partial charge >= 0.3 is 0 Å². The van der Waals surface area contributed by atoms with Gasteiger partial charge < -0.3 is 0 Å². The third kappa shape index (κ3) is 1.76. The Labute approximate surface area is 107 Å². The molecule has 0 aromatic heterocycles. The summed E-state index contributed by atoms with van der Waals surface area (Å²) in [7, 11) is 0. The van der Waals surface area contributed by atoms with Gasteiger partial charge in [-0.1, -0.05) is 48.5 Å². The zero-order chi connectivity index (χ0) is 12.5. The van der Waals surface area contributed by atoms with Gasteiger partial charge in [0.15, 0.2) is 5.78 Å². The van der Waals surface area contributed by atoms with Crippen LogP contribution in [-0.4, -0.2) is 5.78 Å². The molecule has 2 aromatic rings. The summed E-state index contributed by atoms with van der Waals surface area (Å²) in [4.78, 5) is 12.1. The van der Waals surface area contributed by atoms with Crippen LogP contribution in [0.25, 0.3) is 0 Å². The van der Waals surface area contributed by atoms with Crippen LogP contribution in [0.4, 0.5) is 0 Å². The first-order chi connectivity index (χ1) is 8.77. The summed E-state index contributed by atoms with van der Waals surface area (Å²) in [6.07, 6.45) is 1.59. The normalized spacial score (nSPS) is 18.5. The minimum atomic E-state index is 0.301. The van der Waals surface area contributed by atoms with Crippen molar-refractivity contribution in [1.29, 1.82) is 0 Å². The Kier molecular flexibility index (Phi) is 2.75. The third-order valence-corrected chi connectivity index (χ3v) is 3.82. The van der Waals surface area contributed by atoms with Crippen LogP contribution in [0.5, 0.6) is 0 Å². The van der Waals surface area contributed by atoms with Crippen molar-refractivity contribution < 1.29 is 4.79 Å². The molecule has 1 heteroatoms. The van der Waals surface area contributed by atoms with E-state index in [0.717, 1.165) is 17.5 Å². The van der Waals surface area contributed by atoms with Gasteiger partial charge in [-0.3, -0.25) is 4.79 Å². The first-order valence-electron chi connectivity index (χ1n) is 6.45. The number of fused-ring (bicyclic) bond motifs is 1. The molecule has 1 aliphatic rings. The molecule has 1 atom stereocenters. The van der Waals surface area contributed by atoms with Crippen molar-refractivity contribution in [2.75, 3.05) is 0 Å². The van der Waals surface area contributed by atoms with E-state index < -0.39 is 0 Å². The second kappa shape index (κ2) is 4.41. The number of carbonyl (C=O) groups is 1. The Morgan fingerprint density at radius 1 is 1.00 bits per heavy atom. The predicted molar refractivity (Wildman–Crippen MR) is 73.0 cm³/mol. The number of Topliss-reactive ketones (excluding diaryl/α,β-unsaturated/α-hetero) is 1. The molecule has 2 aromatic carbocycles. The van der Waals surface area contributed by atoms with E-state index in [4.69, 9.17) is 0 Å². The van der Waals surface area contributed by atoms with E-state index in [0.29, 0.717) is 18.1 Å². The van der Waals surface area contributed by atoms with E-state index in [2.05, 4.69) is 36.4 Å². The zero-order valence-electron chi connectivity index (χ0n) is 10.5. The third-order valence-electron chi connectivity index (χ3n) is 3.82. The minimum Gasteiger partial charge on any atom is -0.294 e. The van der Waals surface area contributed by atoms with Crippen molar-refractivity contribution in [1.82, 2.24) is 0 Å². The van der Waals surface area contributed by atoms with E-state index in [-0.39, 0.29) is 0 Å². The van der Waals surface area contributed by atoms with Gasteiger partial charge in [0.05, 0.1) is 0 Å². The fourth-order valence-electron chi connectivity index (χ4n) is 2.95. The molecule has 0 saturated heterocycles. The van der Waals surface area contributed by atoms with Gasteiger partial charge in [0.25, 0.3) is 0 Å². The number of hydrogen-bond acceptors (Lipinski definition) is 1. The monoisotopic (exact) mass is 236 g/mol. The molecule has 1 unspecified atom stereocenters. The molecule has 0 fully saturated rings. The van der Waals surface area contributed by atoms with Crippen molar-refractivity contribution >= 4 is 5.78 Å². The molecule has 0 aliphatic heterocycles. The first kappa shape index (κ1) is 11.2. The van der Waals surface area contributed by atoms with Gasteiger partial charge in [0, 0.05) is 17.9 Å². The molecule has 0 bridgehead atoms. The van der Waals surface area contributed by atoms with Gasteiger partial charge in [-0.25, -0.2) is 0 Å². The molecule has 0 saturated carbocycles. The lowest BCUT2D eigenvalue weighted by Crippen LogP contribution is -2.17. The second-order valence-electron chi connectivity index (χ2n) is 4.96. The molecule has 1 aliphatic carbocycles. The van der Waals surface area contributed by atoms with Crippen molar-refractivity contribution in [3.8, 4) is 0 Å². The van der Waals surface area contributed by atoms with Crippen molar-refractivity contribution in [3.63, 3.8) is 0 Å². The lowest BCUT2D eigenvalue weighted by molar-refractivity contribution is 0.0968. The molecule has 1 nitrogen and oxygen atoms in total. The van der Waals surface area contributed by atoms with Gasteiger partial charge in [0.2, 0.25) is 0 Å². The number of carbonyl (C=O) groups excluding carboxylic acids is 1. The summed E-state index contributed by atoms with van der Waals surface area (Å²) >= 11 is 0. The highest BCUT2D eigenvalue weighted by Crippen LogP contribution is 2.37. The van der Waals surface area contributed by atoms with Crippen molar-refractivity contribution in [2.24, 2.45) is 0 Å². The van der Waals surface area contributed by atoms with Crippen molar-refractivity contribution in [2.45, 2.75) is 25.7 Å². The van der Waals surface area contributed by atoms with Crippen molar-refractivity contribution in [3.05, 3.63) is 70.8 Å². The fourth-order valence-corrected chi connectivity index (χ4v) is 2.95. The van der Waals surface area contributed by atoms with Gasteiger partial charge in [-0.2, -0.15) is 0 Å². The molecule has 90 valence electrons. The number of rotatable bonds is 1. The van der Waals surface area contributed by atoms with Crippen LogP contribution < -0.4 is 0 Å². The lowest BCUT2D eigenvalue weighted by Gasteiger charge is -2.26. The molecule has 0 N–H and O–H groups in total. The molecule has 0 amide bonds. The molecule has 0 heterocycles. The molecular formula is C17H16O. The second-order valence-corrected chi connectivity index (χ2v) is 4.96. The average molecular weight is 236 g/mol. The maximum Gasteiger partial charge on any atom is 0.163 e. The number of ketones is 1. The number of aryl methyl sites for hydroxylation is 1. The molecular weight excluding hydrogens is 220 g/mol. The number of benzene rings is 2. The van der Waals surface area contributed by atoms with Gasteiger partial charge in [-0.15, -0.1) is 0 Å². The van der Waals surface area contributed by atoms with E-state index in [9.17, 15) is 4.79 Å². The summed E-state index contributed by atoms with van der Waals surface area (Å²) in [6, 6.07) is 16.7. The predicted octanol–water partition coefficient (Wildman–Crippen LogP) is 4.10. The van der Waals surface area contributed by atoms with Crippen LogP contribution in [-0.2, 0) is 0 Å². The van der Waals surface area contributed by atoms with Crippen LogP contribution in [0.2, 0.25) is 0 Å². The van der Waals surface area contributed by atoms with Crippen LogP contribution in [0, 0.1) is 6.92 Å². The molecule has 18 heavy (non-hydrogen) atoms. The van der Waals surface area contributed by atoms with E-state index >= 15 is 0 Å². The van der Waals surface area contributed by atoms with Crippen LogP contribution in [0.1, 0.15) is 45.8 Å². The summed E-state index contributed by atoms with van der Waals surface area (Å²) in [5.41, 5.74) is 4.59. The van der Waals surface area contributed by atoms with E-state index in [1.165, 1.54) is 11.1 Å². The summed E-state index contributed by atoms with van der Waals surface area (Å²) in [6.45, 7) is 2.03.